The van der Waals surface area contributed by atoms with Crippen LogP contribution in [0, 0.1) is 5.92 Å². The standard InChI is InChI=1S/C16H29N2O8P.Ir/c1-5-25-27(26-6-2)11-23-13(12(3)10-24-21)9-15(22-4)18-8-7-14(19)17-16(18)20;/h7-8,12-13,15,21H,5-6,9-11H2,1-4H3,(H,17,19,20);. The molecule has 3 unspecified atom stereocenters. The normalized spacial score (nSPS) is 14.5. The monoisotopic (exact) mass is 601 g/mol. The van der Waals surface area contributed by atoms with Crippen molar-refractivity contribution in [3.63, 3.8) is 0 Å². The van der Waals surface area contributed by atoms with Gasteiger partial charge in [0.1, 0.15) is 12.6 Å². The number of methoxy groups -OCH3 is 1. The molecule has 0 amide bonds. The van der Waals surface area contributed by atoms with Gasteiger partial charge in [-0.2, -0.15) is 0 Å². The number of aromatic nitrogens is 2. The van der Waals surface area contributed by atoms with Gasteiger partial charge in [-0.3, -0.25) is 19.6 Å². The number of aromatic amines is 1. The van der Waals surface area contributed by atoms with E-state index in [2.05, 4.69) is 9.87 Å². The Morgan fingerprint density at radius 2 is 1.89 bits per heavy atom. The number of rotatable bonds is 14. The maximum atomic E-state index is 12.0. The van der Waals surface area contributed by atoms with Crippen LogP contribution in [0.15, 0.2) is 21.9 Å². The predicted octanol–water partition coefficient (Wildman–Crippen LogP) is 1.92. The van der Waals surface area contributed by atoms with Crippen molar-refractivity contribution in [1.82, 2.24) is 9.55 Å². The van der Waals surface area contributed by atoms with E-state index in [1.807, 2.05) is 20.8 Å². The number of nitrogens with zero attached hydrogens (tertiary/aromatic N) is 1. The van der Waals surface area contributed by atoms with Gasteiger partial charge in [0, 0.05) is 51.8 Å². The topological polar surface area (TPSA) is 121 Å². The van der Waals surface area contributed by atoms with Crippen molar-refractivity contribution in [3.8, 4) is 0 Å². The summed E-state index contributed by atoms with van der Waals surface area (Å²) in [4.78, 5) is 29.8. The number of H-pyrrole nitrogens is 1. The smallest absolute Gasteiger partial charge is 0.330 e. The van der Waals surface area contributed by atoms with Gasteiger partial charge in [-0.25, -0.2) is 9.68 Å². The van der Waals surface area contributed by atoms with E-state index in [0.29, 0.717) is 13.2 Å². The van der Waals surface area contributed by atoms with Crippen molar-refractivity contribution >= 4 is 8.38 Å². The van der Waals surface area contributed by atoms with Gasteiger partial charge in [0.05, 0.1) is 25.9 Å². The molecule has 1 heterocycles. The van der Waals surface area contributed by atoms with Crippen LogP contribution in [-0.2, 0) is 43.5 Å². The maximum absolute atomic E-state index is 12.0. The second-order valence-corrected chi connectivity index (χ2v) is 7.16. The molecule has 10 nitrogen and oxygen atoms in total. The molecule has 0 fully saturated rings. The van der Waals surface area contributed by atoms with Crippen LogP contribution in [-0.4, -0.2) is 54.2 Å². The fourth-order valence-electron chi connectivity index (χ4n) is 2.42. The van der Waals surface area contributed by atoms with E-state index in [0.717, 1.165) is 0 Å². The van der Waals surface area contributed by atoms with Crippen molar-refractivity contribution in [3.05, 3.63) is 33.1 Å². The molecular formula is C16H29IrN2O8P. The summed E-state index contributed by atoms with van der Waals surface area (Å²) in [6.07, 6.45) is 0.785. The first-order chi connectivity index (χ1) is 13.0. The van der Waals surface area contributed by atoms with E-state index < -0.39 is 32.0 Å². The maximum Gasteiger partial charge on any atom is 0.330 e. The Labute approximate surface area is 178 Å². The van der Waals surface area contributed by atoms with Gasteiger partial charge in [-0.05, 0) is 13.8 Å². The van der Waals surface area contributed by atoms with Crippen molar-refractivity contribution in [2.45, 2.75) is 39.5 Å². The van der Waals surface area contributed by atoms with Gasteiger partial charge in [-0.1, -0.05) is 6.92 Å². The van der Waals surface area contributed by atoms with Crippen LogP contribution in [0.25, 0.3) is 0 Å². The first-order valence-corrected chi connectivity index (χ1v) is 10.1. The van der Waals surface area contributed by atoms with Crippen LogP contribution in [0.1, 0.15) is 33.4 Å². The predicted molar refractivity (Wildman–Crippen MR) is 99.6 cm³/mol. The third kappa shape index (κ3) is 9.34. The molecule has 0 bridgehead atoms. The molecule has 0 saturated carbocycles. The number of hydrogen-bond acceptors (Lipinski definition) is 8. The van der Waals surface area contributed by atoms with Crippen LogP contribution in [0.5, 0.6) is 0 Å². The third-order valence-corrected chi connectivity index (χ3v) is 5.23. The Bertz CT molecular complexity index is 638. The zero-order valence-electron chi connectivity index (χ0n) is 16.5. The van der Waals surface area contributed by atoms with Crippen LogP contribution < -0.4 is 11.2 Å². The Morgan fingerprint density at radius 3 is 2.39 bits per heavy atom. The van der Waals surface area contributed by atoms with Crippen LogP contribution in [0.2, 0.25) is 0 Å². The molecule has 0 aliphatic heterocycles. The average molecular weight is 601 g/mol. The Balaban J connectivity index is 0.00000729. The van der Waals surface area contributed by atoms with E-state index in [1.54, 1.807) is 0 Å². The molecule has 12 heteroatoms. The van der Waals surface area contributed by atoms with Crippen LogP contribution >= 0.6 is 8.38 Å². The summed E-state index contributed by atoms with van der Waals surface area (Å²) < 4.78 is 23.7. The van der Waals surface area contributed by atoms with Crippen molar-refractivity contribution in [1.29, 1.82) is 0 Å². The Kier molecular flexibility index (Phi) is 15.1. The molecule has 28 heavy (non-hydrogen) atoms. The van der Waals surface area contributed by atoms with E-state index in [9.17, 15) is 9.59 Å². The molecule has 0 saturated heterocycles. The SMILES string of the molecule is CCOP(COC(CC(OC)n1ccc(=O)[nH]c1=O)C(C)COO)OCC.[Ir]. The van der Waals surface area contributed by atoms with Crippen LogP contribution in [0.4, 0.5) is 0 Å². The molecule has 0 aromatic carbocycles. The van der Waals surface area contributed by atoms with Gasteiger partial charge >= 0.3 is 5.69 Å². The summed E-state index contributed by atoms with van der Waals surface area (Å²) in [5, 5.41) is 8.79. The second-order valence-electron chi connectivity index (χ2n) is 5.72. The summed E-state index contributed by atoms with van der Waals surface area (Å²) in [6.45, 7) is 6.63. The average Bonchev–Trinajstić information content (AvgIpc) is 2.63. The minimum absolute atomic E-state index is 0. The summed E-state index contributed by atoms with van der Waals surface area (Å²) in [7, 11) is 0.254. The third-order valence-electron chi connectivity index (χ3n) is 3.78. The van der Waals surface area contributed by atoms with Crippen molar-refractivity contribution in [2.24, 2.45) is 5.92 Å². The minimum atomic E-state index is -1.20. The van der Waals surface area contributed by atoms with Crippen LogP contribution in [0.3, 0.4) is 0 Å². The molecule has 0 spiro atoms. The van der Waals surface area contributed by atoms with Gasteiger partial charge in [0.15, 0.2) is 8.38 Å². The molecule has 2 N–H and O–H groups in total. The second kappa shape index (κ2) is 15.4. The van der Waals surface area contributed by atoms with E-state index in [1.165, 1.54) is 23.9 Å². The van der Waals surface area contributed by atoms with Crippen molar-refractivity contribution < 1.29 is 48.8 Å². The first kappa shape index (κ1) is 27.5. The van der Waals surface area contributed by atoms with E-state index >= 15 is 0 Å². The molecule has 0 aliphatic carbocycles. The fourth-order valence-corrected chi connectivity index (χ4v) is 3.53. The number of hydrogen-bond donors (Lipinski definition) is 2. The largest absolute Gasteiger partial charge is 0.368 e. The summed E-state index contributed by atoms with van der Waals surface area (Å²) in [6, 6.07) is 1.24. The molecule has 1 aromatic rings. The molecular weight excluding hydrogens is 571 g/mol. The number of ether oxygens (including phenoxy) is 2. The Morgan fingerprint density at radius 1 is 1.25 bits per heavy atom. The Hall–Kier alpha value is -0.481. The van der Waals surface area contributed by atoms with Gasteiger partial charge in [-0.15, -0.1) is 0 Å². The van der Waals surface area contributed by atoms with E-state index in [4.69, 9.17) is 23.8 Å². The van der Waals surface area contributed by atoms with E-state index in [-0.39, 0.29) is 45.4 Å². The summed E-state index contributed by atoms with van der Waals surface area (Å²) >= 11 is 0. The molecule has 165 valence electrons. The van der Waals surface area contributed by atoms with Gasteiger partial charge < -0.3 is 18.5 Å². The molecule has 3 atom stereocenters. The minimum Gasteiger partial charge on any atom is -0.368 e. The summed E-state index contributed by atoms with van der Waals surface area (Å²) in [5.74, 6) is -0.203. The molecule has 0 aliphatic rings. The zero-order chi connectivity index (χ0) is 20.2. The summed E-state index contributed by atoms with van der Waals surface area (Å²) in [5.41, 5.74) is -1.06. The quantitative estimate of drug-likeness (QED) is 0.189. The van der Waals surface area contributed by atoms with Crippen molar-refractivity contribution in [2.75, 3.05) is 33.3 Å². The fraction of sp³-hybridized carbons (Fsp3) is 0.750. The van der Waals surface area contributed by atoms with Gasteiger partial charge in [0.2, 0.25) is 0 Å². The first-order valence-electron chi connectivity index (χ1n) is 8.72. The number of nitrogens with one attached hydrogen (secondary N) is 1. The molecule has 1 aromatic heterocycles. The van der Waals surface area contributed by atoms with Gasteiger partial charge in [0.25, 0.3) is 5.56 Å². The molecule has 1 radical (unpaired) electrons. The molecule has 1 rings (SSSR count). The zero-order valence-corrected chi connectivity index (χ0v) is 19.7.